The van der Waals surface area contributed by atoms with Gasteiger partial charge in [0.2, 0.25) is 0 Å². The summed E-state index contributed by atoms with van der Waals surface area (Å²) in [4.78, 5) is 10.5. The SMILES string of the molecule is CC(=O)[O-].CCCCCCCCCCCCCCCCCC[NH+](C)C. The average molecular weight is 358 g/mol. The van der Waals surface area contributed by atoms with E-state index in [1.54, 1.807) is 4.90 Å². The standard InChI is InChI=1S/C20H43N.C2H4O2/c1-4-5-6-7-8-9-10-11-12-13-14-15-16-17-18-19-20-21(2)3;1-2(3)4/h4-20H2,1-3H3;1H3,(H,3,4). The van der Waals surface area contributed by atoms with Gasteiger partial charge in [-0.25, -0.2) is 0 Å². The van der Waals surface area contributed by atoms with Crippen LogP contribution in [0.3, 0.4) is 0 Å². The molecule has 0 bridgehead atoms. The number of carboxylic acids is 1. The predicted molar refractivity (Wildman–Crippen MR) is 108 cm³/mol. The molecule has 0 atom stereocenters. The fourth-order valence-corrected chi connectivity index (χ4v) is 3.03. The van der Waals surface area contributed by atoms with Crippen molar-refractivity contribution in [2.45, 2.75) is 117 Å². The van der Waals surface area contributed by atoms with Gasteiger partial charge in [0.15, 0.2) is 0 Å². The van der Waals surface area contributed by atoms with E-state index in [0.717, 1.165) is 6.92 Å². The van der Waals surface area contributed by atoms with Gasteiger partial charge in [-0.15, -0.1) is 0 Å². The lowest BCUT2D eigenvalue weighted by Gasteiger charge is -2.06. The summed E-state index contributed by atoms with van der Waals surface area (Å²) in [6.45, 7) is 4.61. The third kappa shape index (κ3) is 35.4. The molecule has 0 aromatic heterocycles. The Hall–Kier alpha value is -0.570. The Bertz CT molecular complexity index is 250. The average Bonchev–Trinajstić information content (AvgIpc) is 2.53. The minimum absolute atomic E-state index is 0.972. The molecule has 0 unspecified atom stereocenters. The summed E-state index contributed by atoms with van der Waals surface area (Å²) < 4.78 is 0. The van der Waals surface area contributed by atoms with Gasteiger partial charge in [-0.2, -0.15) is 0 Å². The van der Waals surface area contributed by atoms with Crippen LogP contribution in [0.4, 0.5) is 0 Å². The number of nitrogens with one attached hydrogen (secondary N) is 1. The van der Waals surface area contributed by atoms with Crippen LogP contribution in [0.5, 0.6) is 0 Å². The smallest absolute Gasteiger partial charge is 0.0766 e. The van der Waals surface area contributed by atoms with Crippen LogP contribution in [0.25, 0.3) is 0 Å². The van der Waals surface area contributed by atoms with Crippen molar-refractivity contribution < 1.29 is 14.8 Å². The van der Waals surface area contributed by atoms with Gasteiger partial charge in [0.25, 0.3) is 0 Å². The fourth-order valence-electron chi connectivity index (χ4n) is 3.03. The van der Waals surface area contributed by atoms with Crippen molar-refractivity contribution >= 4 is 5.97 Å². The van der Waals surface area contributed by atoms with Gasteiger partial charge in [0, 0.05) is 5.97 Å². The zero-order chi connectivity index (χ0) is 19.2. The lowest BCUT2D eigenvalue weighted by Crippen LogP contribution is -3.05. The first-order chi connectivity index (χ1) is 12.0. The van der Waals surface area contributed by atoms with Crippen molar-refractivity contribution in [3.05, 3.63) is 0 Å². The zero-order valence-corrected chi connectivity index (χ0v) is 17.8. The van der Waals surface area contributed by atoms with Gasteiger partial charge in [0.05, 0.1) is 20.6 Å². The highest BCUT2D eigenvalue weighted by Crippen LogP contribution is 2.13. The molecule has 152 valence electrons. The van der Waals surface area contributed by atoms with Crippen LogP contribution in [-0.2, 0) is 4.79 Å². The first-order valence-electron chi connectivity index (χ1n) is 11.0. The lowest BCUT2D eigenvalue weighted by atomic mass is 10.0. The maximum Gasteiger partial charge on any atom is 0.0766 e. The van der Waals surface area contributed by atoms with Crippen LogP contribution in [0.2, 0.25) is 0 Å². The Morgan fingerprint density at radius 1 is 0.640 bits per heavy atom. The summed E-state index contributed by atoms with van der Waals surface area (Å²) >= 11 is 0. The number of rotatable bonds is 17. The van der Waals surface area contributed by atoms with Crippen LogP contribution in [0.15, 0.2) is 0 Å². The summed E-state index contributed by atoms with van der Waals surface area (Å²) in [6, 6.07) is 0. The van der Waals surface area contributed by atoms with E-state index in [1.165, 1.54) is 109 Å². The van der Waals surface area contributed by atoms with E-state index < -0.39 is 5.97 Å². The minimum atomic E-state index is -1.08. The van der Waals surface area contributed by atoms with Gasteiger partial charge in [-0.3, -0.25) is 0 Å². The van der Waals surface area contributed by atoms with Crippen molar-refractivity contribution in [2.75, 3.05) is 20.6 Å². The summed E-state index contributed by atoms with van der Waals surface area (Å²) in [6.07, 6.45) is 23.4. The second-order valence-electron chi connectivity index (χ2n) is 7.75. The molecule has 0 radical (unpaired) electrons. The van der Waals surface area contributed by atoms with Gasteiger partial charge >= 0.3 is 0 Å². The number of carboxylic acid groups (broad SMARTS) is 1. The minimum Gasteiger partial charge on any atom is -0.550 e. The summed E-state index contributed by atoms with van der Waals surface area (Å²) in [5.41, 5.74) is 0. The molecule has 0 spiro atoms. The molecule has 0 saturated heterocycles. The Morgan fingerprint density at radius 2 is 0.880 bits per heavy atom. The van der Waals surface area contributed by atoms with E-state index in [0.29, 0.717) is 0 Å². The van der Waals surface area contributed by atoms with E-state index in [1.807, 2.05) is 0 Å². The number of carbonyl (C=O) groups is 1. The maximum atomic E-state index is 8.89. The number of hydrogen-bond donors (Lipinski definition) is 1. The molecule has 3 nitrogen and oxygen atoms in total. The molecular weight excluding hydrogens is 310 g/mol. The first-order valence-corrected chi connectivity index (χ1v) is 11.0. The van der Waals surface area contributed by atoms with Crippen LogP contribution in [-0.4, -0.2) is 26.6 Å². The van der Waals surface area contributed by atoms with Crippen molar-refractivity contribution in [3.63, 3.8) is 0 Å². The van der Waals surface area contributed by atoms with Crippen LogP contribution >= 0.6 is 0 Å². The lowest BCUT2D eigenvalue weighted by molar-refractivity contribution is -0.858. The first kappa shape index (κ1) is 26.7. The van der Waals surface area contributed by atoms with Gasteiger partial charge in [-0.05, 0) is 19.8 Å². The largest absolute Gasteiger partial charge is 0.550 e. The third-order valence-corrected chi connectivity index (χ3v) is 4.53. The summed E-state index contributed by atoms with van der Waals surface area (Å²) in [5, 5.41) is 8.89. The second kappa shape index (κ2) is 23.4. The van der Waals surface area contributed by atoms with Crippen LogP contribution < -0.4 is 10.0 Å². The highest BCUT2D eigenvalue weighted by Gasteiger charge is 1.96. The summed E-state index contributed by atoms with van der Waals surface area (Å²) in [5.74, 6) is -1.08. The van der Waals surface area contributed by atoms with E-state index in [2.05, 4.69) is 21.0 Å². The molecule has 0 fully saturated rings. The van der Waals surface area contributed by atoms with Crippen LogP contribution in [0, 0.1) is 0 Å². The van der Waals surface area contributed by atoms with E-state index >= 15 is 0 Å². The summed E-state index contributed by atoms with van der Waals surface area (Å²) in [7, 11) is 4.51. The molecule has 0 rings (SSSR count). The maximum absolute atomic E-state index is 8.89. The Morgan fingerprint density at radius 3 is 1.12 bits per heavy atom. The second-order valence-corrected chi connectivity index (χ2v) is 7.75. The number of hydrogen-bond acceptors (Lipinski definition) is 2. The molecule has 1 N–H and O–H groups in total. The molecule has 0 aliphatic carbocycles. The van der Waals surface area contributed by atoms with Gasteiger partial charge in [-0.1, -0.05) is 96.8 Å². The van der Waals surface area contributed by atoms with Crippen LogP contribution in [0.1, 0.15) is 117 Å². The Kier molecular flexibility index (Phi) is 25.0. The highest BCUT2D eigenvalue weighted by molar-refractivity contribution is 5.60. The van der Waals surface area contributed by atoms with Crippen molar-refractivity contribution in [2.24, 2.45) is 0 Å². The molecule has 0 aliphatic heterocycles. The molecule has 0 amide bonds. The highest BCUT2D eigenvalue weighted by atomic mass is 16.4. The zero-order valence-electron chi connectivity index (χ0n) is 17.8. The Balaban J connectivity index is 0. The molecule has 0 heterocycles. The Labute approximate surface area is 158 Å². The molecule has 25 heavy (non-hydrogen) atoms. The van der Waals surface area contributed by atoms with E-state index in [4.69, 9.17) is 9.90 Å². The molecule has 0 aliphatic rings. The van der Waals surface area contributed by atoms with Gasteiger partial charge in [0.1, 0.15) is 0 Å². The normalized spacial score (nSPS) is 10.6. The van der Waals surface area contributed by atoms with Crippen molar-refractivity contribution in [3.8, 4) is 0 Å². The molecule has 0 saturated carbocycles. The molecule has 0 aromatic carbocycles. The number of quaternary nitrogens is 1. The predicted octanol–water partition coefficient (Wildman–Crippen LogP) is 4.15. The van der Waals surface area contributed by atoms with Crippen molar-refractivity contribution in [1.29, 1.82) is 0 Å². The fraction of sp³-hybridized carbons (Fsp3) is 0.955. The molecule has 0 aromatic rings. The molecular formula is C22H47NO2. The van der Waals surface area contributed by atoms with E-state index in [9.17, 15) is 0 Å². The number of aliphatic carboxylic acids is 1. The topological polar surface area (TPSA) is 44.6 Å². The van der Waals surface area contributed by atoms with E-state index in [-0.39, 0.29) is 0 Å². The number of carbonyl (C=O) groups excluding carboxylic acids is 1. The van der Waals surface area contributed by atoms with Crippen molar-refractivity contribution in [1.82, 2.24) is 0 Å². The van der Waals surface area contributed by atoms with Gasteiger partial charge < -0.3 is 14.8 Å². The molecule has 3 heteroatoms. The monoisotopic (exact) mass is 357 g/mol. The third-order valence-electron chi connectivity index (χ3n) is 4.53. The number of unbranched alkanes of at least 4 members (excludes halogenated alkanes) is 15. The quantitative estimate of drug-likeness (QED) is 0.397.